The highest BCUT2D eigenvalue weighted by atomic mass is 16.2. The Morgan fingerprint density at radius 3 is 2.81 bits per heavy atom. The van der Waals surface area contributed by atoms with E-state index in [0.717, 1.165) is 55.8 Å². The van der Waals surface area contributed by atoms with Gasteiger partial charge in [-0.3, -0.25) is 4.79 Å². The van der Waals surface area contributed by atoms with E-state index in [1.54, 1.807) is 6.20 Å². The van der Waals surface area contributed by atoms with Crippen LogP contribution in [0.4, 0.5) is 11.8 Å². The first-order chi connectivity index (χ1) is 15.2. The first-order valence-corrected chi connectivity index (χ1v) is 11.0. The first kappa shape index (κ1) is 21.0. The maximum atomic E-state index is 12.8. The zero-order chi connectivity index (χ0) is 21.5. The molecule has 1 unspecified atom stereocenters. The number of pyridine rings is 1. The molecule has 4 rings (SSSR count). The first-order valence-electron chi connectivity index (χ1n) is 11.0. The fourth-order valence-corrected chi connectivity index (χ4v) is 4.01. The molecule has 0 radical (unpaired) electrons. The number of nitrogens with zero attached hydrogens (tertiary/aromatic N) is 4. The van der Waals surface area contributed by atoms with Crippen LogP contribution in [0.15, 0.2) is 60.9 Å². The van der Waals surface area contributed by atoms with Gasteiger partial charge in [-0.2, -0.15) is 0 Å². The van der Waals surface area contributed by atoms with E-state index in [2.05, 4.69) is 27.4 Å². The van der Waals surface area contributed by atoms with Gasteiger partial charge in [-0.1, -0.05) is 36.4 Å². The van der Waals surface area contributed by atoms with Crippen molar-refractivity contribution in [1.29, 1.82) is 0 Å². The number of nitrogens with one attached hydrogen (secondary N) is 1. The molecule has 0 bridgehead atoms. The maximum absolute atomic E-state index is 12.8. The number of likely N-dealkylation sites (tertiary alicyclic amines) is 1. The normalized spacial score (nSPS) is 16.2. The molecule has 3 heterocycles. The lowest BCUT2D eigenvalue weighted by Gasteiger charge is -2.32. The van der Waals surface area contributed by atoms with Gasteiger partial charge in [0, 0.05) is 37.8 Å². The summed E-state index contributed by atoms with van der Waals surface area (Å²) in [7, 11) is 0. The summed E-state index contributed by atoms with van der Waals surface area (Å²) < 4.78 is 0. The summed E-state index contributed by atoms with van der Waals surface area (Å²) >= 11 is 0. The summed E-state index contributed by atoms with van der Waals surface area (Å²) in [6, 6.07) is 16.2. The highest BCUT2D eigenvalue weighted by molar-refractivity contribution is 5.76. The van der Waals surface area contributed by atoms with E-state index in [4.69, 9.17) is 4.98 Å². The Bertz CT molecular complexity index is 990. The molecule has 2 aromatic heterocycles. The lowest BCUT2D eigenvalue weighted by molar-refractivity contribution is -0.132. The van der Waals surface area contributed by atoms with Crippen molar-refractivity contribution in [3.63, 3.8) is 0 Å². The van der Waals surface area contributed by atoms with Gasteiger partial charge >= 0.3 is 0 Å². The number of piperidine rings is 1. The molecule has 1 aromatic carbocycles. The summed E-state index contributed by atoms with van der Waals surface area (Å²) in [5.41, 5.74) is 3.37. The average molecular weight is 416 g/mol. The van der Waals surface area contributed by atoms with Gasteiger partial charge in [-0.05, 0) is 55.9 Å². The Balaban J connectivity index is 1.33. The van der Waals surface area contributed by atoms with Gasteiger partial charge in [0.15, 0.2) is 0 Å². The lowest BCUT2D eigenvalue weighted by atomic mass is 9.94. The predicted octanol–water partition coefficient (Wildman–Crippen LogP) is 4.65. The SMILES string of the molecule is Cc1ccc(Nc2nccc(C3CCCN(C(=O)CCCc4ccccc4)C3)n2)nc1. The quantitative estimate of drug-likeness (QED) is 0.608. The third-order valence-electron chi connectivity index (χ3n) is 5.72. The van der Waals surface area contributed by atoms with Crippen LogP contribution in [-0.4, -0.2) is 38.8 Å². The van der Waals surface area contributed by atoms with Gasteiger partial charge in [0.2, 0.25) is 11.9 Å². The Hall–Kier alpha value is -3.28. The molecule has 1 saturated heterocycles. The molecule has 1 atom stereocenters. The highest BCUT2D eigenvalue weighted by Crippen LogP contribution is 2.27. The monoisotopic (exact) mass is 415 g/mol. The van der Waals surface area contributed by atoms with Crippen molar-refractivity contribution < 1.29 is 4.79 Å². The number of anilines is 2. The summed E-state index contributed by atoms with van der Waals surface area (Å²) in [4.78, 5) is 28.2. The van der Waals surface area contributed by atoms with Gasteiger partial charge in [-0.15, -0.1) is 0 Å². The van der Waals surface area contributed by atoms with Gasteiger partial charge in [0.05, 0.1) is 5.69 Å². The largest absolute Gasteiger partial charge is 0.342 e. The van der Waals surface area contributed by atoms with Gasteiger partial charge in [0.25, 0.3) is 0 Å². The van der Waals surface area contributed by atoms with Crippen LogP contribution in [0, 0.1) is 6.92 Å². The molecule has 160 valence electrons. The smallest absolute Gasteiger partial charge is 0.228 e. The van der Waals surface area contributed by atoms with Crippen LogP contribution >= 0.6 is 0 Å². The molecule has 1 N–H and O–H groups in total. The molecule has 0 spiro atoms. The van der Waals surface area contributed by atoms with Crippen molar-refractivity contribution in [3.8, 4) is 0 Å². The number of benzene rings is 1. The fourth-order valence-electron chi connectivity index (χ4n) is 4.01. The van der Waals surface area contributed by atoms with E-state index >= 15 is 0 Å². The minimum Gasteiger partial charge on any atom is -0.342 e. The summed E-state index contributed by atoms with van der Waals surface area (Å²) in [5.74, 6) is 1.75. The van der Waals surface area contributed by atoms with Crippen molar-refractivity contribution in [2.75, 3.05) is 18.4 Å². The van der Waals surface area contributed by atoms with Crippen LogP contribution in [0.1, 0.15) is 48.4 Å². The number of aryl methyl sites for hydroxylation is 2. The zero-order valence-electron chi connectivity index (χ0n) is 18.0. The summed E-state index contributed by atoms with van der Waals surface area (Å²) in [5, 5.41) is 3.17. The topological polar surface area (TPSA) is 71.0 Å². The molecule has 3 aromatic rings. The molecule has 1 aliphatic heterocycles. The number of hydrogen-bond donors (Lipinski definition) is 1. The van der Waals surface area contributed by atoms with Gasteiger partial charge < -0.3 is 10.2 Å². The number of carbonyl (C=O) groups is 1. The standard InChI is InChI=1S/C25H29N5O/c1-19-12-13-23(27-17-19)29-25-26-15-14-22(28-25)21-10-6-16-30(18-21)24(31)11-5-9-20-7-3-2-4-8-20/h2-4,7-8,12-15,17,21H,5-6,9-11,16,18H2,1H3,(H,26,27,28,29). The Morgan fingerprint density at radius 2 is 2.00 bits per heavy atom. The van der Waals surface area contributed by atoms with Gasteiger partial charge in [-0.25, -0.2) is 15.0 Å². The Morgan fingerprint density at radius 1 is 1.13 bits per heavy atom. The lowest BCUT2D eigenvalue weighted by Crippen LogP contribution is -2.39. The highest BCUT2D eigenvalue weighted by Gasteiger charge is 2.25. The second-order valence-electron chi connectivity index (χ2n) is 8.17. The molecule has 1 fully saturated rings. The third-order valence-corrected chi connectivity index (χ3v) is 5.72. The second kappa shape index (κ2) is 10.2. The van der Waals surface area contributed by atoms with E-state index in [1.807, 2.05) is 54.4 Å². The zero-order valence-corrected chi connectivity index (χ0v) is 18.0. The minimum atomic E-state index is 0.237. The van der Waals surface area contributed by atoms with E-state index in [-0.39, 0.29) is 11.8 Å². The van der Waals surface area contributed by atoms with Crippen LogP contribution in [0.3, 0.4) is 0 Å². The number of hydrogen-bond acceptors (Lipinski definition) is 5. The molecule has 6 nitrogen and oxygen atoms in total. The molecule has 1 amide bonds. The molecule has 6 heteroatoms. The Labute approximate surface area is 183 Å². The van der Waals surface area contributed by atoms with E-state index in [1.165, 1.54) is 5.56 Å². The van der Waals surface area contributed by atoms with Crippen LogP contribution in [-0.2, 0) is 11.2 Å². The van der Waals surface area contributed by atoms with Crippen molar-refractivity contribution in [3.05, 3.63) is 77.7 Å². The van der Waals surface area contributed by atoms with Crippen LogP contribution < -0.4 is 5.32 Å². The maximum Gasteiger partial charge on any atom is 0.228 e. The molecule has 31 heavy (non-hydrogen) atoms. The summed E-state index contributed by atoms with van der Waals surface area (Å²) in [6.45, 7) is 3.57. The van der Waals surface area contributed by atoms with Crippen molar-refractivity contribution in [2.24, 2.45) is 0 Å². The minimum absolute atomic E-state index is 0.237. The third kappa shape index (κ3) is 5.87. The number of rotatable bonds is 7. The van der Waals surface area contributed by atoms with Crippen LogP contribution in [0.5, 0.6) is 0 Å². The number of aromatic nitrogens is 3. The van der Waals surface area contributed by atoms with E-state index < -0.39 is 0 Å². The van der Waals surface area contributed by atoms with Gasteiger partial charge in [0.1, 0.15) is 5.82 Å². The van der Waals surface area contributed by atoms with E-state index in [0.29, 0.717) is 12.4 Å². The molecular weight excluding hydrogens is 386 g/mol. The van der Waals surface area contributed by atoms with Crippen molar-refractivity contribution in [2.45, 2.75) is 44.9 Å². The summed E-state index contributed by atoms with van der Waals surface area (Å²) in [6.07, 6.45) is 8.05. The molecular formula is C25H29N5O. The molecule has 1 aliphatic rings. The molecule has 0 aliphatic carbocycles. The number of amides is 1. The average Bonchev–Trinajstić information content (AvgIpc) is 2.81. The Kier molecular flexibility index (Phi) is 6.87. The predicted molar refractivity (Wildman–Crippen MR) is 122 cm³/mol. The van der Waals surface area contributed by atoms with E-state index in [9.17, 15) is 4.79 Å². The van der Waals surface area contributed by atoms with Crippen molar-refractivity contribution in [1.82, 2.24) is 19.9 Å². The number of carbonyl (C=O) groups excluding carboxylic acids is 1. The fraction of sp³-hybridized carbons (Fsp3) is 0.360. The van der Waals surface area contributed by atoms with Crippen LogP contribution in [0.25, 0.3) is 0 Å². The van der Waals surface area contributed by atoms with Crippen LogP contribution in [0.2, 0.25) is 0 Å². The van der Waals surface area contributed by atoms with Crippen molar-refractivity contribution >= 4 is 17.7 Å². The molecule has 0 saturated carbocycles. The second-order valence-corrected chi connectivity index (χ2v) is 8.17.